The van der Waals surface area contributed by atoms with Gasteiger partial charge in [0.2, 0.25) is 0 Å². The Bertz CT molecular complexity index is 947. The van der Waals surface area contributed by atoms with Crippen LogP contribution in [0.15, 0.2) is 42.5 Å². The minimum atomic E-state index is -0.0494. The molecule has 2 aromatic carbocycles. The largest absolute Gasteiger partial charge is 0.371 e. The number of piperidine rings is 2. The molecule has 2 aromatic rings. The SMILES string of the molecule is Cc1ccc(C(=O)Nc2ccc(N3CCC(NCC4CCCN(C(C)C)C4)CC3)cc2)c(C)c1. The fraction of sp³-hybridized carbons (Fsp3) is 0.552. The van der Waals surface area contributed by atoms with Crippen molar-refractivity contribution in [3.63, 3.8) is 0 Å². The number of hydrogen-bond donors (Lipinski definition) is 2. The van der Waals surface area contributed by atoms with Crippen molar-refractivity contribution in [2.45, 2.75) is 65.5 Å². The van der Waals surface area contributed by atoms with Gasteiger partial charge >= 0.3 is 0 Å². The molecule has 184 valence electrons. The minimum absolute atomic E-state index is 0.0494. The summed E-state index contributed by atoms with van der Waals surface area (Å²) in [5.41, 5.74) is 4.99. The van der Waals surface area contributed by atoms with Crippen LogP contribution in [-0.4, -0.2) is 55.6 Å². The van der Waals surface area contributed by atoms with Gasteiger partial charge in [0.25, 0.3) is 5.91 Å². The van der Waals surface area contributed by atoms with E-state index in [1.54, 1.807) is 0 Å². The fourth-order valence-corrected chi connectivity index (χ4v) is 5.43. The molecular formula is C29H42N4O. The van der Waals surface area contributed by atoms with Gasteiger partial charge in [0.05, 0.1) is 0 Å². The Morgan fingerprint density at radius 2 is 1.74 bits per heavy atom. The summed E-state index contributed by atoms with van der Waals surface area (Å²) >= 11 is 0. The fourth-order valence-electron chi connectivity index (χ4n) is 5.43. The molecule has 34 heavy (non-hydrogen) atoms. The lowest BCUT2D eigenvalue weighted by molar-refractivity contribution is 0.102. The van der Waals surface area contributed by atoms with Crippen molar-refractivity contribution in [2.75, 3.05) is 42.9 Å². The summed E-state index contributed by atoms with van der Waals surface area (Å²) in [7, 11) is 0. The monoisotopic (exact) mass is 462 g/mol. The van der Waals surface area contributed by atoms with Gasteiger partial charge in [-0.2, -0.15) is 0 Å². The predicted molar refractivity (Wildman–Crippen MR) is 143 cm³/mol. The average molecular weight is 463 g/mol. The second kappa shape index (κ2) is 11.4. The van der Waals surface area contributed by atoms with E-state index in [2.05, 4.69) is 46.4 Å². The average Bonchev–Trinajstić information content (AvgIpc) is 2.83. The van der Waals surface area contributed by atoms with Crippen molar-refractivity contribution in [2.24, 2.45) is 5.92 Å². The summed E-state index contributed by atoms with van der Waals surface area (Å²) in [5.74, 6) is 0.743. The first-order valence-corrected chi connectivity index (χ1v) is 13.1. The first-order chi connectivity index (χ1) is 16.4. The molecule has 0 saturated carbocycles. The van der Waals surface area contributed by atoms with E-state index >= 15 is 0 Å². The number of nitrogens with zero attached hydrogens (tertiary/aromatic N) is 2. The van der Waals surface area contributed by atoms with Crippen LogP contribution in [0.4, 0.5) is 11.4 Å². The first-order valence-electron chi connectivity index (χ1n) is 13.1. The molecule has 2 aliphatic heterocycles. The van der Waals surface area contributed by atoms with Crippen LogP contribution in [0.3, 0.4) is 0 Å². The van der Waals surface area contributed by atoms with Crippen molar-refractivity contribution < 1.29 is 4.79 Å². The third-order valence-corrected chi connectivity index (χ3v) is 7.59. The Morgan fingerprint density at radius 3 is 2.41 bits per heavy atom. The summed E-state index contributed by atoms with van der Waals surface area (Å²) in [6, 6.07) is 15.5. The van der Waals surface area contributed by atoms with Gasteiger partial charge in [-0.3, -0.25) is 4.79 Å². The molecule has 5 heteroatoms. The second-order valence-electron chi connectivity index (χ2n) is 10.6. The molecule has 2 fully saturated rings. The van der Waals surface area contributed by atoms with Gasteiger partial charge in [-0.15, -0.1) is 0 Å². The molecule has 0 aromatic heterocycles. The molecule has 2 N–H and O–H groups in total. The van der Waals surface area contributed by atoms with Crippen molar-refractivity contribution in [3.8, 4) is 0 Å². The molecule has 2 aliphatic rings. The van der Waals surface area contributed by atoms with E-state index in [9.17, 15) is 4.79 Å². The Hall–Kier alpha value is -2.37. The van der Waals surface area contributed by atoms with Crippen LogP contribution in [0.1, 0.15) is 61.0 Å². The minimum Gasteiger partial charge on any atom is -0.371 e. The van der Waals surface area contributed by atoms with Gasteiger partial charge in [-0.05, 0) is 108 Å². The van der Waals surface area contributed by atoms with Crippen LogP contribution >= 0.6 is 0 Å². The Balaban J connectivity index is 1.23. The number of nitrogens with one attached hydrogen (secondary N) is 2. The molecule has 0 bridgehead atoms. The number of rotatable bonds is 7. The highest BCUT2D eigenvalue weighted by atomic mass is 16.1. The molecule has 1 amide bonds. The predicted octanol–water partition coefficient (Wildman–Crippen LogP) is 5.23. The molecule has 0 aliphatic carbocycles. The zero-order valence-corrected chi connectivity index (χ0v) is 21.4. The van der Waals surface area contributed by atoms with E-state index in [1.807, 2.05) is 44.2 Å². The van der Waals surface area contributed by atoms with Crippen LogP contribution in [-0.2, 0) is 0 Å². The number of aryl methyl sites for hydroxylation is 2. The summed E-state index contributed by atoms with van der Waals surface area (Å²) in [4.78, 5) is 17.8. The number of benzene rings is 2. The van der Waals surface area contributed by atoms with Gasteiger partial charge in [0, 0.05) is 48.7 Å². The number of carbonyl (C=O) groups is 1. The van der Waals surface area contributed by atoms with Crippen molar-refractivity contribution in [1.29, 1.82) is 0 Å². The smallest absolute Gasteiger partial charge is 0.255 e. The molecule has 1 atom stereocenters. The van der Waals surface area contributed by atoms with Crippen LogP contribution in [0.5, 0.6) is 0 Å². The molecule has 5 nitrogen and oxygen atoms in total. The molecule has 1 unspecified atom stereocenters. The maximum atomic E-state index is 12.7. The van der Waals surface area contributed by atoms with E-state index < -0.39 is 0 Å². The lowest BCUT2D eigenvalue weighted by Gasteiger charge is -2.38. The Morgan fingerprint density at radius 1 is 1.00 bits per heavy atom. The summed E-state index contributed by atoms with van der Waals surface area (Å²) in [6.07, 6.45) is 5.07. The number of likely N-dealkylation sites (tertiary alicyclic amines) is 1. The van der Waals surface area contributed by atoms with Gasteiger partial charge in [-0.1, -0.05) is 17.7 Å². The Labute approximate surface area is 205 Å². The number of hydrogen-bond acceptors (Lipinski definition) is 4. The highest BCUT2D eigenvalue weighted by molar-refractivity contribution is 6.05. The van der Waals surface area contributed by atoms with Crippen LogP contribution < -0.4 is 15.5 Å². The molecular weight excluding hydrogens is 420 g/mol. The number of amides is 1. The zero-order chi connectivity index (χ0) is 24.1. The maximum Gasteiger partial charge on any atom is 0.255 e. The van der Waals surface area contributed by atoms with Gasteiger partial charge in [0.1, 0.15) is 0 Å². The molecule has 2 saturated heterocycles. The van der Waals surface area contributed by atoms with E-state index in [4.69, 9.17) is 0 Å². The van der Waals surface area contributed by atoms with Crippen molar-refractivity contribution >= 4 is 17.3 Å². The van der Waals surface area contributed by atoms with Gasteiger partial charge < -0.3 is 20.4 Å². The number of carbonyl (C=O) groups excluding carboxylic acids is 1. The third-order valence-electron chi connectivity index (χ3n) is 7.59. The normalized spacial score (nSPS) is 20.0. The maximum absolute atomic E-state index is 12.7. The van der Waals surface area contributed by atoms with E-state index in [0.717, 1.165) is 42.4 Å². The van der Waals surface area contributed by atoms with Crippen LogP contribution in [0.25, 0.3) is 0 Å². The van der Waals surface area contributed by atoms with Crippen LogP contribution in [0, 0.1) is 19.8 Å². The van der Waals surface area contributed by atoms with Crippen molar-refractivity contribution in [1.82, 2.24) is 10.2 Å². The Kier molecular flexibility index (Phi) is 8.28. The van der Waals surface area contributed by atoms with E-state index in [0.29, 0.717) is 12.1 Å². The lowest BCUT2D eigenvalue weighted by atomic mass is 9.95. The second-order valence-corrected chi connectivity index (χ2v) is 10.6. The van der Waals surface area contributed by atoms with E-state index in [-0.39, 0.29) is 5.91 Å². The third kappa shape index (κ3) is 6.39. The molecule has 0 radical (unpaired) electrons. The zero-order valence-electron chi connectivity index (χ0n) is 21.4. The lowest BCUT2D eigenvalue weighted by Crippen LogP contribution is -2.47. The van der Waals surface area contributed by atoms with E-state index in [1.165, 1.54) is 50.0 Å². The topological polar surface area (TPSA) is 47.6 Å². The van der Waals surface area contributed by atoms with Crippen LogP contribution in [0.2, 0.25) is 0 Å². The highest BCUT2D eigenvalue weighted by Gasteiger charge is 2.24. The quantitative estimate of drug-likeness (QED) is 0.591. The first kappa shape index (κ1) is 24.7. The number of anilines is 2. The molecule has 0 spiro atoms. The summed E-state index contributed by atoms with van der Waals surface area (Å²) in [6.45, 7) is 14.5. The van der Waals surface area contributed by atoms with Gasteiger partial charge in [-0.25, -0.2) is 0 Å². The van der Waals surface area contributed by atoms with Crippen molar-refractivity contribution in [3.05, 3.63) is 59.2 Å². The summed E-state index contributed by atoms with van der Waals surface area (Å²) in [5, 5.41) is 6.92. The summed E-state index contributed by atoms with van der Waals surface area (Å²) < 4.78 is 0. The molecule has 4 rings (SSSR count). The van der Waals surface area contributed by atoms with Gasteiger partial charge in [0.15, 0.2) is 0 Å². The molecule has 2 heterocycles. The highest BCUT2D eigenvalue weighted by Crippen LogP contribution is 2.24. The standard InChI is InChI=1S/C29H42N4O/c1-21(2)33-15-5-6-24(20-33)19-30-25-13-16-32(17-14-25)27-10-8-26(9-11-27)31-29(34)28-12-7-22(3)18-23(28)4/h7-12,18,21,24-25,30H,5-6,13-17,19-20H2,1-4H3,(H,31,34).